The number of urea groups is 1. The van der Waals surface area contributed by atoms with Crippen molar-refractivity contribution in [3.05, 3.63) is 76.8 Å². The van der Waals surface area contributed by atoms with Crippen molar-refractivity contribution in [3.8, 4) is 5.75 Å². The Balaban J connectivity index is 1.55. The molecule has 3 aromatic rings. The molecule has 0 saturated carbocycles. The van der Waals surface area contributed by atoms with Crippen LogP contribution in [0.4, 0.5) is 16.2 Å². The van der Waals surface area contributed by atoms with Gasteiger partial charge in [-0.05, 0) is 24.4 Å². The summed E-state index contributed by atoms with van der Waals surface area (Å²) in [5.41, 5.74) is 4.48. The zero-order valence-corrected chi connectivity index (χ0v) is 15.4. The van der Waals surface area contributed by atoms with Crippen LogP contribution in [0.1, 0.15) is 6.92 Å². The number of ether oxygens (including phenoxy) is 1. The quantitative estimate of drug-likeness (QED) is 0.452. The van der Waals surface area contributed by atoms with E-state index in [1.54, 1.807) is 13.0 Å². The standard InChI is InChI=1S/C20H18N4O5/c1-13(29-18-11-4-7-14-6-2-3-10-17(14)18)19(25)22-23-20(26)21-15-8-5-9-16(12-15)24(27)28/h2-13H,1H3,(H,22,25)(H2,21,23,26). The molecule has 3 N–H and O–H groups in total. The molecule has 0 aliphatic carbocycles. The number of benzene rings is 3. The van der Waals surface area contributed by atoms with Crippen LogP contribution in [0.5, 0.6) is 5.75 Å². The molecule has 0 spiro atoms. The van der Waals surface area contributed by atoms with E-state index in [1.807, 2.05) is 36.4 Å². The topological polar surface area (TPSA) is 123 Å². The molecule has 0 heterocycles. The van der Waals surface area contributed by atoms with Crippen LogP contribution in [-0.2, 0) is 4.79 Å². The van der Waals surface area contributed by atoms with E-state index in [0.29, 0.717) is 5.75 Å². The zero-order valence-electron chi connectivity index (χ0n) is 15.4. The van der Waals surface area contributed by atoms with Crippen molar-refractivity contribution < 1.29 is 19.2 Å². The number of anilines is 1. The number of fused-ring (bicyclic) bond motifs is 1. The highest BCUT2D eigenvalue weighted by molar-refractivity contribution is 5.92. The number of nitrogens with one attached hydrogen (secondary N) is 3. The summed E-state index contributed by atoms with van der Waals surface area (Å²) in [5.74, 6) is -0.0149. The molecule has 0 fully saturated rings. The minimum Gasteiger partial charge on any atom is -0.480 e. The lowest BCUT2D eigenvalue weighted by Gasteiger charge is -2.16. The third-order valence-corrected chi connectivity index (χ3v) is 4.04. The monoisotopic (exact) mass is 394 g/mol. The summed E-state index contributed by atoms with van der Waals surface area (Å²) >= 11 is 0. The van der Waals surface area contributed by atoms with Crippen molar-refractivity contribution >= 4 is 34.1 Å². The Morgan fingerprint density at radius 3 is 2.52 bits per heavy atom. The van der Waals surface area contributed by atoms with Gasteiger partial charge in [-0.2, -0.15) is 0 Å². The minimum atomic E-state index is -0.876. The zero-order chi connectivity index (χ0) is 20.8. The first kappa shape index (κ1) is 19.6. The van der Waals surface area contributed by atoms with Crippen LogP contribution in [0.25, 0.3) is 10.8 Å². The molecule has 9 nitrogen and oxygen atoms in total. The minimum absolute atomic E-state index is 0.163. The van der Waals surface area contributed by atoms with Crippen LogP contribution in [0.3, 0.4) is 0 Å². The van der Waals surface area contributed by atoms with E-state index in [4.69, 9.17) is 4.74 Å². The molecule has 3 rings (SSSR count). The first-order chi connectivity index (χ1) is 13.9. The van der Waals surface area contributed by atoms with Crippen LogP contribution in [0.15, 0.2) is 66.7 Å². The number of hydrogen-bond acceptors (Lipinski definition) is 5. The number of amides is 3. The van der Waals surface area contributed by atoms with Gasteiger partial charge in [0.1, 0.15) is 5.75 Å². The molecule has 0 saturated heterocycles. The number of hydrazine groups is 1. The molecule has 0 bridgehead atoms. The van der Waals surface area contributed by atoms with Gasteiger partial charge >= 0.3 is 6.03 Å². The molecule has 0 aromatic heterocycles. The maximum absolute atomic E-state index is 12.2. The van der Waals surface area contributed by atoms with Crippen molar-refractivity contribution in [3.63, 3.8) is 0 Å². The van der Waals surface area contributed by atoms with Crippen LogP contribution in [0, 0.1) is 10.1 Å². The molecule has 3 aromatic carbocycles. The number of rotatable bonds is 5. The molecule has 9 heteroatoms. The first-order valence-electron chi connectivity index (χ1n) is 8.70. The van der Waals surface area contributed by atoms with Gasteiger partial charge in [0.2, 0.25) is 0 Å². The second-order valence-corrected chi connectivity index (χ2v) is 6.11. The Labute approximate surface area is 165 Å². The highest BCUT2D eigenvalue weighted by Crippen LogP contribution is 2.26. The van der Waals surface area contributed by atoms with Crippen molar-refractivity contribution in [2.75, 3.05) is 5.32 Å². The fourth-order valence-electron chi connectivity index (χ4n) is 2.62. The number of carbonyl (C=O) groups excluding carboxylic acids is 2. The van der Waals surface area contributed by atoms with E-state index in [0.717, 1.165) is 10.8 Å². The Hall–Kier alpha value is -4.14. The lowest BCUT2D eigenvalue weighted by molar-refractivity contribution is -0.384. The third-order valence-electron chi connectivity index (χ3n) is 4.04. The van der Waals surface area contributed by atoms with Gasteiger partial charge in [0.05, 0.1) is 4.92 Å². The molecule has 0 radical (unpaired) electrons. The molecule has 0 aliphatic heterocycles. The van der Waals surface area contributed by atoms with Crippen molar-refractivity contribution in [2.45, 2.75) is 13.0 Å². The second-order valence-electron chi connectivity index (χ2n) is 6.11. The average Bonchev–Trinajstić information content (AvgIpc) is 2.72. The molecular weight excluding hydrogens is 376 g/mol. The van der Waals surface area contributed by atoms with Crippen molar-refractivity contribution in [1.29, 1.82) is 0 Å². The van der Waals surface area contributed by atoms with Gasteiger partial charge in [-0.15, -0.1) is 0 Å². The predicted molar refractivity (Wildman–Crippen MR) is 107 cm³/mol. The van der Waals surface area contributed by atoms with Crippen LogP contribution >= 0.6 is 0 Å². The number of nitro groups is 1. The molecule has 148 valence electrons. The van der Waals surface area contributed by atoms with Crippen LogP contribution in [0.2, 0.25) is 0 Å². The highest BCUT2D eigenvalue weighted by Gasteiger charge is 2.17. The van der Waals surface area contributed by atoms with E-state index in [1.165, 1.54) is 24.3 Å². The second kappa shape index (κ2) is 8.70. The molecule has 3 amide bonds. The van der Waals surface area contributed by atoms with Gasteiger partial charge in [-0.25, -0.2) is 10.2 Å². The summed E-state index contributed by atoms with van der Waals surface area (Å²) in [4.78, 5) is 34.3. The Kier molecular flexibility index (Phi) is 5.88. The van der Waals surface area contributed by atoms with E-state index in [2.05, 4.69) is 16.2 Å². The average molecular weight is 394 g/mol. The van der Waals surface area contributed by atoms with Crippen LogP contribution in [-0.4, -0.2) is 23.0 Å². The fraction of sp³-hybridized carbons (Fsp3) is 0.100. The maximum Gasteiger partial charge on any atom is 0.337 e. The summed E-state index contributed by atoms with van der Waals surface area (Å²) in [6.07, 6.45) is -0.876. The van der Waals surface area contributed by atoms with Gasteiger partial charge in [-0.3, -0.25) is 20.3 Å². The summed E-state index contributed by atoms with van der Waals surface area (Å²) in [6.45, 7) is 1.55. The molecule has 0 aliphatic rings. The maximum atomic E-state index is 12.2. The van der Waals surface area contributed by atoms with Gasteiger partial charge in [-0.1, -0.05) is 42.5 Å². The summed E-state index contributed by atoms with van der Waals surface area (Å²) in [6, 6.07) is 17.8. The van der Waals surface area contributed by atoms with E-state index in [9.17, 15) is 19.7 Å². The molecule has 1 atom stereocenters. The lowest BCUT2D eigenvalue weighted by Crippen LogP contribution is -2.48. The van der Waals surface area contributed by atoms with Crippen molar-refractivity contribution in [2.24, 2.45) is 0 Å². The predicted octanol–water partition coefficient (Wildman–Crippen LogP) is 3.37. The largest absolute Gasteiger partial charge is 0.480 e. The number of nitro benzene ring substituents is 1. The third kappa shape index (κ3) is 4.98. The number of hydrogen-bond donors (Lipinski definition) is 3. The van der Waals surface area contributed by atoms with Crippen LogP contribution < -0.4 is 20.9 Å². The van der Waals surface area contributed by atoms with Gasteiger partial charge in [0.25, 0.3) is 11.6 Å². The first-order valence-corrected chi connectivity index (χ1v) is 8.70. The van der Waals surface area contributed by atoms with Gasteiger partial charge in [0.15, 0.2) is 6.10 Å². The number of nitrogens with zero attached hydrogens (tertiary/aromatic N) is 1. The highest BCUT2D eigenvalue weighted by atomic mass is 16.6. The van der Waals surface area contributed by atoms with E-state index in [-0.39, 0.29) is 11.4 Å². The summed E-state index contributed by atoms with van der Waals surface area (Å²) in [7, 11) is 0. The normalized spacial score (nSPS) is 11.3. The fourth-order valence-corrected chi connectivity index (χ4v) is 2.62. The summed E-state index contributed by atoms with van der Waals surface area (Å²) in [5, 5.41) is 15.0. The van der Waals surface area contributed by atoms with E-state index >= 15 is 0 Å². The lowest BCUT2D eigenvalue weighted by atomic mass is 10.1. The number of non-ortho nitro benzene ring substituents is 1. The Bertz CT molecular complexity index is 1060. The molecule has 1 unspecified atom stereocenters. The van der Waals surface area contributed by atoms with Gasteiger partial charge < -0.3 is 10.1 Å². The van der Waals surface area contributed by atoms with E-state index < -0.39 is 23.0 Å². The molecule has 29 heavy (non-hydrogen) atoms. The summed E-state index contributed by atoms with van der Waals surface area (Å²) < 4.78 is 5.72. The molecular formula is C20H18N4O5. The smallest absolute Gasteiger partial charge is 0.337 e. The van der Waals surface area contributed by atoms with Gasteiger partial charge in [0, 0.05) is 23.2 Å². The SMILES string of the molecule is CC(Oc1cccc2ccccc12)C(=O)NNC(=O)Nc1cccc([N+](=O)[O-])c1. The Morgan fingerprint density at radius 1 is 1.00 bits per heavy atom. The Morgan fingerprint density at radius 2 is 1.72 bits per heavy atom. The number of carbonyl (C=O) groups is 2. The van der Waals surface area contributed by atoms with Crippen molar-refractivity contribution in [1.82, 2.24) is 10.9 Å².